The van der Waals surface area contributed by atoms with Crippen LogP contribution in [0.15, 0.2) is 35.3 Å². The highest BCUT2D eigenvalue weighted by molar-refractivity contribution is 7.88. The highest BCUT2D eigenvalue weighted by atomic mass is 32.2. The highest BCUT2D eigenvalue weighted by Gasteiger charge is 2.21. The van der Waals surface area contributed by atoms with Crippen LogP contribution in [0.2, 0.25) is 0 Å². The maximum Gasteiger partial charge on any atom is 0.209 e. The fourth-order valence-corrected chi connectivity index (χ4v) is 3.19. The summed E-state index contributed by atoms with van der Waals surface area (Å²) in [7, 11) is -3.26. The summed E-state index contributed by atoms with van der Waals surface area (Å²) in [4.78, 5) is 4.47. The zero-order valence-electron chi connectivity index (χ0n) is 14.4. The first-order valence-electron chi connectivity index (χ1n) is 7.77. The summed E-state index contributed by atoms with van der Waals surface area (Å²) < 4.78 is 25.3. The Morgan fingerprint density at radius 1 is 1.17 bits per heavy atom. The minimum atomic E-state index is -3.26. The van der Waals surface area contributed by atoms with E-state index in [1.165, 1.54) is 5.56 Å². The Balaban J connectivity index is 2.55. The van der Waals surface area contributed by atoms with E-state index in [1.807, 2.05) is 39.0 Å². The number of rotatable bonds is 8. The van der Waals surface area contributed by atoms with E-state index in [0.717, 1.165) is 25.8 Å². The summed E-state index contributed by atoms with van der Waals surface area (Å²) >= 11 is 0. The fourth-order valence-electron chi connectivity index (χ4n) is 2.12. The van der Waals surface area contributed by atoms with E-state index in [2.05, 4.69) is 32.5 Å². The molecule has 23 heavy (non-hydrogen) atoms. The van der Waals surface area contributed by atoms with E-state index in [1.54, 1.807) is 0 Å². The number of aliphatic imine (C=N–C) groups is 1. The summed E-state index contributed by atoms with van der Waals surface area (Å²) in [5, 5.41) is 6.43. The number of nitrogens with zero attached hydrogens (tertiary/aromatic N) is 1. The second-order valence-electron chi connectivity index (χ2n) is 6.12. The Morgan fingerprint density at radius 3 is 2.39 bits per heavy atom. The molecule has 0 bridgehead atoms. The van der Waals surface area contributed by atoms with Gasteiger partial charge in [-0.15, -0.1) is 0 Å². The summed E-state index contributed by atoms with van der Waals surface area (Å²) in [5.74, 6) is 0.687. The van der Waals surface area contributed by atoms with Gasteiger partial charge in [0.05, 0.1) is 12.8 Å². The largest absolute Gasteiger partial charge is 0.357 e. The van der Waals surface area contributed by atoms with E-state index in [4.69, 9.17) is 0 Å². The fraction of sp³-hybridized carbons (Fsp3) is 0.562. The van der Waals surface area contributed by atoms with Crippen LogP contribution in [0.4, 0.5) is 0 Å². The molecular weight excluding hydrogens is 312 g/mol. The van der Waals surface area contributed by atoms with Crippen molar-refractivity contribution >= 4 is 16.0 Å². The molecule has 0 unspecified atom stereocenters. The standard InChI is InChI=1S/C16H28N4O2S/c1-5-17-15(18-12-11-14-9-7-6-8-10-14)19-13-16(2,3)20-23(4,21)22/h6-10,20H,5,11-13H2,1-4H3,(H2,17,18,19). The molecule has 7 heteroatoms. The Kier molecular flexibility index (Phi) is 7.51. The smallest absolute Gasteiger partial charge is 0.209 e. The van der Waals surface area contributed by atoms with E-state index in [0.29, 0.717) is 12.5 Å². The molecule has 1 aromatic rings. The number of hydrogen-bond acceptors (Lipinski definition) is 3. The summed E-state index contributed by atoms with van der Waals surface area (Å²) in [5.41, 5.74) is 0.630. The van der Waals surface area contributed by atoms with Crippen molar-refractivity contribution in [3.05, 3.63) is 35.9 Å². The van der Waals surface area contributed by atoms with Crippen molar-refractivity contribution in [2.24, 2.45) is 4.99 Å². The van der Waals surface area contributed by atoms with Crippen molar-refractivity contribution in [1.82, 2.24) is 15.4 Å². The Bertz CT molecular complexity index is 598. The molecule has 0 aromatic heterocycles. The first-order valence-corrected chi connectivity index (χ1v) is 9.66. The van der Waals surface area contributed by atoms with Crippen LogP contribution < -0.4 is 15.4 Å². The molecule has 0 aliphatic heterocycles. The second-order valence-corrected chi connectivity index (χ2v) is 7.86. The van der Waals surface area contributed by atoms with Crippen molar-refractivity contribution in [3.8, 4) is 0 Å². The Labute approximate surface area is 139 Å². The molecular formula is C16H28N4O2S. The SMILES string of the molecule is CCNC(=NCC(C)(C)NS(C)(=O)=O)NCCc1ccccc1. The van der Waals surface area contributed by atoms with Gasteiger partial charge >= 0.3 is 0 Å². The molecule has 0 atom stereocenters. The molecule has 130 valence electrons. The van der Waals surface area contributed by atoms with Gasteiger partial charge in [0.25, 0.3) is 0 Å². The van der Waals surface area contributed by atoms with Crippen molar-refractivity contribution in [1.29, 1.82) is 0 Å². The average Bonchev–Trinajstić information content (AvgIpc) is 2.43. The van der Waals surface area contributed by atoms with Crippen LogP contribution in [0, 0.1) is 0 Å². The van der Waals surface area contributed by atoms with Gasteiger partial charge in [0.15, 0.2) is 5.96 Å². The number of nitrogens with one attached hydrogen (secondary N) is 3. The van der Waals surface area contributed by atoms with Crippen molar-refractivity contribution < 1.29 is 8.42 Å². The van der Waals surface area contributed by atoms with E-state index >= 15 is 0 Å². The predicted molar refractivity (Wildman–Crippen MR) is 96.2 cm³/mol. The average molecular weight is 340 g/mol. The third-order valence-electron chi connectivity index (χ3n) is 2.99. The maximum absolute atomic E-state index is 11.4. The van der Waals surface area contributed by atoms with Crippen molar-refractivity contribution in [3.63, 3.8) is 0 Å². The summed E-state index contributed by atoms with van der Waals surface area (Å²) in [6.07, 6.45) is 2.05. The lowest BCUT2D eigenvalue weighted by atomic mass is 10.1. The number of hydrogen-bond donors (Lipinski definition) is 3. The molecule has 0 saturated carbocycles. The minimum Gasteiger partial charge on any atom is -0.357 e. The lowest BCUT2D eigenvalue weighted by Gasteiger charge is -2.23. The molecule has 6 nitrogen and oxygen atoms in total. The van der Waals surface area contributed by atoms with Gasteiger partial charge < -0.3 is 10.6 Å². The van der Waals surface area contributed by atoms with Gasteiger partial charge in [-0.25, -0.2) is 13.1 Å². The van der Waals surface area contributed by atoms with E-state index in [9.17, 15) is 8.42 Å². The van der Waals surface area contributed by atoms with Crippen LogP contribution in [-0.2, 0) is 16.4 Å². The molecule has 0 aliphatic carbocycles. The Hall–Kier alpha value is -1.60. The van der Waals surface area contributed by atoms with Crippen LogP contribution in [0.5, 0.6) is 0 Å². The van der Waals surface area contributed by atoms with Gasteiger partial charge in [-0.2, -0.15) is 0 Å². The third-order valence-corrected chi connectivity index (χ3v) is 3.91. The lowest BCUT2D eigenvalue weighted by molar-refractivity contribution is 0.464. The normalized spacial score (nSPS) is 13.0. The molecule has 0 spiro atoms. The topological polar surface area (TPSA) is 82.6 Å². The molecule has 3 N–H and O–H groups in total. The molecule has 1 rings (SSSR count). The monoisotopic (exact) mass is 340 g/mol. The first kappa shape index (κ1) is 19.4. The van der Waals surface area contributed by atoms with Crippen molar-refractivity contribution in [2.75, 3.05) is 25.9 Å². The van der Waals surface area contributed by atoms with E-state index in [-0.39, 0.29) is 0 Å². The molecule has 1 aromatic carbocycles. The highest BCUT2D eigenvalue weighted by Crippen LogP contribution is 2.04. The van der Waals surface area contributed by atoms with Gasteiger partial charge in [-0.1, -0.05) is 30.3 Å². The molecule has 0 heterocycles. The van der Waals surface area contributed by atoms with Crippen molar-refractivity contribution in [2.45, 2.75) is 32.7 Å². The van der Waals surface area contributed by atoms with Gasteiger partial charge in [0.2, 0.25) is 10.0 Å². The molecule has 0 aliphatic rings. The molecule has 0 amide bonds. The van der Waals surface area contributed by atoms with Gasteiger partial charge in [-0.3, -0.25) is 4.99 Å². The second kappa shape index (κ2) is 8.88. The lowest BCUT2D eigenvalue weighted by Crippen LogP contribution is -2.47. The molecule has 0 radical (unpaired) electrons. The molecule has 0 saturated heterocycles. The van der Waals surface area contributed by atoms with Gasteiger partial charge in [-0.05, 0) is 32.8 Å². The predicted octanol–water partition coefficient (Wildman–Crippen LogP) is 1.11. The van der Waals surface area contributed by atoms with Crippen LogP contribution in [0.25, 0.3) is 0 Å². The number of sulfonamides is 1. The minimum absolute atomic E-state index is 0.348. The van der Waals surface area contributed by atoms with Crippen LogP contribution in [-0.4, -0.2) is 45.8 Å². The summed E-state index contributed by atoms with van der Waals surface area (Å²) in [6.45, 7) is 7.47. The quantitative estimate of drug-likeness (QED) is 0.489. The van der Waals surface area contributed by atoms with E-state index < -0.39 is 15.6 Å². The van der Waals surface area contributed by atoms with Crippen LogP contribution in [0.1, 0.15) is 26.3 Å². The number of guanidine groups is 1. The van der Waals surface area contributed by atoms with Gasteiger partial charge in [0.1, 0.15) is 0 Å². The van der Waals surface area contributed by atoms with Crippen LogP contribution >= 0.6 is 0 Å². The third kappa shape index (κ3) is 9.20. The van der Waals surface area contributed by atoms with Crippen LogP contribution in [0.3, 0.4) is 0 Å². The number of benzene rings is 1. The zero-order valence-corrected chi connectivity index (χ0v) is 15.2. The molecule has 0 fully saturated rings. The zero-order chi connectivity index (χ0) is 17.3. The maximum atomic E-state index is 11.4. The summed E-state index contributed by atoms with van der Waals surface area (Å²) in [6, 6.07) is 10.2. The Morgan fingerprint density at radius 2 is 1.83 bits per heavy atom. The van der Waals surface area contributed by atoms with Gasteiger partial charge in [0, 0.05) is 18.6 Å². The first-order chi connectivity index (χ1) is 10.7.